The summed E-state index contributed by atoms with van der Waals surface area (Å²) in [5.74, 6) is 0.597. The van der Waals surface area contributed by atoms with E-state index in [1.165, 1.54) is 4.68 Å². The first-order valence-corrected chi connectivity index (χ1v) is 7.30. The Bertz CT molecular complexity index is 1030. The molecule has 2 heterocycles. The molecule has 0 aliphatic carbocycles. The minimum Gasteiger partial charge on any atom is -0.454 e. The fraction of sp³-hybridized carbons (Fsp3) is 0.118. The van der Waals surface area contributed by atoms with Gasteiger partial charge in [0.2, 0.25) is 12.2 Å². The number of aryl methyl sites for hydroxylation is 1. The average molecular weight is 323 g/mol. The van der Waals surface area contributed by atoms with Crippen LogP contribution in [0, 0.1) is 0 Å². The van der Waals surface area contributed by atoms with Gasteiger partial charge in [0.05, 0.1) is 5.52 Å². The third kappa shape index (κ3) is 2.26. The van der Waals surface area contributed by atoms with Gasteiger partial charge >= 0.3 is 0 Å². The number of anilines is 1. The molecular weight excluding hydrogens is 310 g/mol. The first-order valence-electron chi connectivity index (χ1n) is 7.30. The van der Waals surface area contributed by atoms with Crippen LogP contribution in [-0.2, 0) is 7.05 Å². The molecule has 24 heavy (non-hydrogen) atoms. The molecule has 7 nitrogen and oxygen atoms in total. The number of aromatic nitrogens is 2. The number of carbonyl (C=O) groups is 1. The van der Waals surface area contributed by atoms with Crippen molar-refractivity contribution in [2.24, 2.45) is 7.05 Å². The lowest BCUT2D eigenvalue weighted by molar-refractivity contribution is 0.101. The highest BCUT2D eigenvalue weighted by Gasteiger charge is 2.18. The van der Waals surface area contributed by atoms with Gasteiger partial charge in [0.15, 0.2) is 17.2 Å². The topological polar surface area (TPSA) is 82.5 Å². The van der Waals surface area contributed by atoms with Crippen molar-refractivity contribution in [2.45, 2.75) is 0 Å². The number of hydrogen-bond acceptors (Lipinski definition) is 5. The second-order valence-electron chi connectivity index (χ2n) is 5.34. The highest BCUT2D eigenvalue weighted by Crippen LogP contribution is 2.34. The third-order valence-corrected chi connectivity index (χ3v) is 3.81. The molecule has 0 bridgehead atoms. The molecular formula is C17H13N3O4. The normalized spacial score (nSPS) is 12.4. The van der Waals surface area contributed by atoms with Crippen LogP contribution in [0.25, 0.3) is 10.9 Å². The van der Waals surface area contributed by atoms with Crippen molar-refractivity contribution in [3.8, 4) is 11.5 Å². The van der Waals surface area contributed by atoms with Crippen molar-refractivity contribution in [2.75, 3.05) is 12.1 Å². The van der Waals surface area contributed by atoms with Crippen molar-refractivity contribution >= 4 is 22.5 Å². The summed E-state index contributed by atoms with van der Waals surface area (Å²) in [6.45, 7) is 0.152. The minimum absolute atomic E-state index is 0.152. The van der Waals surface area contributed by atoms with E-state index in [0.29, 0.717) is 28.1 Å². The Kier molecular flexibility index (Phi) is 3.19. The van der Waals surface area contributed by atoms with Gasteiger partial charge in [-0.05, 0) is 24.3 Å². The SMILES string of the molecule is Cn1nc(C(=O)Nc2ccc3c(c2)OCO3)c(=O)c2ccccc21. The predicted octanol–water partition coefficient (Wildman–Crippen LogP) is 1.91. The molecule has 7 heteroatoms. The van der Waals surface area contributed by atoms with E-state index in [4.69, 9.17) is 9.47 Å². The molecule has 1 aliphatic rings. The van der Waals surface area contributed by atoms with Crippen LogP contribution in [0.3, 0.4) is 0 Å². The number of nitrogens with one attached hydrogen (secondary N) is 1. The summed E-state index contributed by atoms with van der Waals surface area (Å²) in [6, 6.07) is 12.0. The maximum Gasteiger partial charge on any atom is 0.280 e. The van der Waals surface area contributed by atoms with E-state index in [2.05, 4.69) is 10.4 Å². The number of para-hydroxylation sites is 1. The van der Waals surface area contributed by atoms with Crippen molar-refractivity contribution in [1.82, 2.24) is 9.78 Å². The van der Waals surface area contributed by atoms with E-state index in [9.17, 15) is 9.59 Å². The van der Waals surface area contributed by atoms with Gasteiger partial charge in [0.25, 0.3) is 5.91 Å². The zero-order chi connectivity index (χ0) is 16.7. The largest absolute Gasteiger partial charge is 0.454 e. The van der Waals surface area contributed by atoms with Crippen molar-refractivity contribution < 1.29 is 14.3 Å². The van der Waals surface area contributed by atoms with Gasteiger partial charge in [-0.25, -0.2) is 0 Å². The second kappa shape index (κ2) is 5.38. The molecule has 0 atom stereocenters. The summed E-state index contributed by atoms with van der Waals surface area (Å²) in [7, 11) is 1.69. The van der Waals surface area contributed by atoms with Gasteiger partial charge in [-0.1, -0.05) is 12.1 Å². The first-order chi connectivity index (χ1) is 11.6. The van der Waals surface area contributed by atoms with Crippen LogP contribution < -0.4 is 20.2 Å². The Morgan fingerprint density at radius 1 is 1.17 bits per heavy atom. The number of hydrogen-bond donors (Lipinski definition) is 1. The van der Waals surface area contributed by atoms with Crippen LogP contribution in [-0.4, -0.2) is 22.5 Å². The zero-order valence-electron chi connectivity index (χ0n) is 12.8. The van der Waals surface area contributed by atoms with Crippen LogP contribution in [0.5, 0.6) is 11.5 Å². The van der Waals surface area contributed by atoms with E-state index < -0.39 is 11.3 Å². The summed E-state index contributed by atoms with van der Waals surface area (Å²) < 4.78 is 12.0. The molecule has 0 radical (unpaired) electrons. The summed E-state index contributed by atoms with van der Waals surface area (Å²) in [4.78, 5) is 25.0. The smallest absolute Gasteiger partial charge is 0.280 e. The van der Waals surface area contributed by atoms with Gasteiger partial charge < -0.3 is 14.8 Å². The number of amides is 1. The van der Waals surface area contributed by atoms with E-state index in [-0.39, 0.29) is 12.5 Å². The monoisotopic (exact) mass is 323 g/mol. The lowest BCUT2D eigenvalue weighted by atomic mass is 10.2. The summed E-state index contributed by atoms with van der Waals surface area (Å²) in [6.07, 6.45) is 0. The highest BCUT2D eigenvalue weighted by molar-refractivity contribution is 6.04. The Labute approximate surface area is 136 Å². The summed E-state index contributed by atoms with van der Waals surface area (Å²) in [5, 5.41) is 7.23. The number of ether oxygens (including phenoxy) is 2. The molecule has 1 amide bonds. The number of carbonyl (C=O) groups excluding carboxylic acids is 1. The number of nitrogens with zero attached hydrogens (tertiary/aromatic N) is 2. The van der Waals surface area contributed by atoms with Gasteiger partial charge in [-0.3, -0.25) is 14.3 Å². The molecule has 2 aromatic carbocycles. The van der Waals surface area contributed by atoms with Crippen LogP contribution in [0.4, 0.5) is 5.69 Å². The second-order valence-corrected chi connectivity index (χ2v) is 5.34. The molecule has 0 saturated carbocycles. The van der Waals surface area contributed by atoms with Crippen LogP contribution in [0.1, 0.15) is 10.5 Å². The Hall–Kier alpha value is -3.35. The van der Waals surface area contributed by atoms with Gasteiger partial charge in [-0.2, -0.15) is 5.10 Å². The molecule has 1 N–H and O–H groups in total. The third-order valence-electron chi connectivity index (χ3n) is 3.81. The van der Waals surface area contributed by atoms with Crippen LogP contribution >= 0.6 is 0 Å². The fourth-order valence-corrected chi connectivity index (χ4v) is 2.64. The Morgan fingerprint density at radius 2 is 1.96 bits per heavy atom. The number of rotatable bonds is 2. The molecule has 1 aliphatic heterocycles. The van der Waals surface area contributed by atoms with Crippen LogP contribution in [0.15, 0.2) is 47.3 Å². The standard InChI is InChI=1S/C17H13N3O4/c1-20-12-5-3-2-4-11(12)16(21)15(19-20)17(22)18-10-6-7-13-14(8-10)24-9-23-13/h2-8H,9H2,1H3,(H,18,22). The van der Waals surface area contributed by atoms with E-state index in [1.54, 1.807) is 43.4 Å². The summed E-state index contributed by atoms with van der Waals surface area (Å²) in [5.41, 5.74) is 0.610. The molecule has 1 aromatic heterocycles. The molecule has 120 valence electrons. The van der Waals surface area contributed by atoms with Crippen molar-refractivity contribution in [3.05, 3.63) is 58.4 Å². The lowest BCUT2D eigenvalue weighted by Gasteiger charge is -2.08. The fourth-order valence-electron chi connectivity index (χ4n) is 2.64. The summed E-state index contributed by atoms with van der Waals surface area (Å²) >= 11 is 0. The van der Waals surface area contributed by atoms with Crippen molar-refractivity contribution in [1.29, 1.82) is 0 Å². The van der Waals surface area contributed by atoms with Crippen LogP contribution in [0.2, 0.25) is 0 Å². The first kappa shape index (κ1) is 14.3. The minimum atomic E-state index is -0.569. The predicted molar refractivity (Wildman–Crippen MR) is 87.5 cm³/mol. The molecule has 0 saturated heterocycles. The average Bonchev–Trinajstić information content (AvgIpc) is 3.06. The zero-order valence-corrected chi connectivity index (χ0v) is 12.8. The maximum absolute atomic E-state index is 12.5. The highest BCUT2D eigenvalue weighted by atomic mass is 16.7. The van der Waals surface area contributed by atoms with Gasteiger partial charge in [0.1, 0.15) is 0 Å². The van der Waals surface area contributed by atoms with E-state index in [1.807, 2.05) is 6.07 Å². The van der Waals surface area contributed by atoms with Gasteiger partial charge in [0, 0.05) is 24.2 Å². The number of fused-ring (bicyclic) bond motifs is 2. The van der Waals surface area contributed by atoms with Gasteiger partial charge in [-0.15, -0.1) is 0 Å². The lowest BCUT2D eigenvalue weighted by Crippen LogP contribution is -2.26. The number of benzene rings is 2. The molecule has 0 spiro atoms. The quantitative estimate of drug-likeness (QED) is 0.779. The molecule has 0 fully saturated rings. The molecule has 4 rings (SSSR count). The molecule has 0 unspecified atom stereocenters. The van der Waals surface area contributed by atoms with Crippen molar-refractivity contribution in [3.63, 3.8) is 0 Å². The van der Waals surface area contributed by atoms with E-state index in [0.717, 1.165) is 0 Å². The molecule has 3 aromatic rings. The Morgan fingerprint density at radius 3 is 2.83 bits per heavy atom. The Balaban J connectivity index is 1.71. The van der Waals surface area contributed by atoms with E-state index >= 15 is 0 Å². The maximum atomic E-state index is 12.5.